The first kappa shape index (κ1) is 24.4. The molecule has 10 heteroatoms. The zero-order valence-electron chi connectivity index (χ0n) is 17.2. The van der Waals surface area contributed by atoms with Crippen molar-refractivity contribution >= 4 is 33.3 Å². The van der Waals surface area contributed by atoms with Gasteiger partial charge in [-0.05, 0) is 31.5 Å². The Morgan fingerprint density at radius 3 is 2.42 bits per heavy atom. The summed E-state index contributed by atoms with van der Waals surface area (Å²) in [6.45, 7) is 3.09. The maximum absolute atomic E-state index is 13.4. The van der Waals surface area contributed by atoms with Gasteiger partial charge in [-0.15, -0.1) is 0 Å². The fourth-order valence-electron chi connectivity index (χ4n) is 2.81. The minimum atomic E-state index is -4.55. The van der Waals surface area contributed by atoms with Crippen molar-refractivity contribution in [1.82, 2.24) is 0 Å². The van der Waals surface area contributed by atoms with Crippen LogP contribution in [0.2, 0.25) is 0 Å². The third kappa shape index (κ3) is 6.06. The smallest absolute Gasteiger partial charge is 0.417 e. The van der Waals surface area contributed by atoms with Crippen LogP contribution in [0.1, 0.15) is 34.7 Å². The number of hydrogen-bond acceptors (Lipinski definition) is 6. The Morgan fingerprint density at radius 1 is 1.10 bits per heavy atom. The van der Waals surface area contributed by atoms with Crippen LogP contribution in [0.25, 0.3) is 0 Å². The molecule has 6 nitrogen and oxygen atoms in total. The van der Waals surface area contributed by atoms with Crippen molar-refractivity contribution in [2.75, 3.05) is 14.2 Å². The van der Waals surface area contributed by atoms with Crippen molar-refractivity contribution in [2.24, 2.45) is 10.3 Å². The summed E-state index contributed by atoms with van der Waals surface area (Å²) in [6, 6.07) is 8.93. The van der Waals surface area contributed by atoms with Crippen molar-refractivity contribution in [3.63, 3.8) is 0 Å². The Bertz CT molecular complexity index is 1020. The topological polar surface area (TPSA) is 69.5 Å². The van der Waals surface area contributed by atoms with Crippen molar-refractivity contribution in [2.45, 2.75) is 26.6 Å². The molecule has 0 aromatic heterocycles. The third-order valence-electron chi connectivity index (χ3n) is 4.31. The van der Waals surface area contributed by atoms with Gasteiger partial charge < -0.3 is 14.4 Å². The predicted molar refractivity (Wildman–Crippen MR) is 113 cm³/mol. The highest BCUT2D eigenvalue weighted by molar-refractivity contribution is 9.10. The predicted octanol–water partition coefficient (Wildman–Crippen LogP) is 5.24. The number of methoxy groups -OCH3 is 1. The normalized spacial score (nSPS) is 12.5. The zero-order valence-corrected chi connectivity index (χ0v) is 18.8. The van der Waals surface area contributed by atoms with Gasteiger partial charge in [0.2, 0.25) is 0 Å². The average Bonchev–Trinajstić information content (AvgIpc) is 2.72. The molecule has 2 aromatic carbocycles. The summed E-state index contributed by atoms with van der Waals surface area (Å²) < 4.78 is 45.1. The zero-order chi connectivity index (χ0) is 23.2. The van der Waals surface area contributed by atoms with Gasteiger partial charge in [0.15, 0.2) is 5.71 Å². The number of esters is 1. The average molecular weight is 501 g/mol. The third-order valence-corrected chi connectivity index (χ3v) is 4.81. The van der Waals surface area contributed by atoms with E-state index < -0.39 is 17.7 Å². The van der Waals surface area contributed by atoms with E-state index in [9.17, 15) is 18.0 Å². The molecule has 0 saturated heterocycles. The van der Waals surface area contributed by atoms with Gasteiger partial charge in [0.05, 0.1) is 18.4 Å². The fraction of sp³-hybridized carbons (Fsp3) is 0.286. The molecule has 2 rings (SSSR count). The second kappa shape index (κ2) is 10.4. The van der Waals surface area contributed by atoms with E-state index in [4.69, 9.17) is 14.4 Å². The highest BCUT2D eigenvalue weighted by Crippen LogP contribution is 2.34. The lowest BCUT2D eigenvalue weighted by Crippen LogP contribution is -2.20. The Hall–Kier alpha value is -2.88. The van der Waals surface area contributed by atoms with Crippen LogP contribution in [0, 0.1) is 6.92 Å². The van der Waals surface area contributed by atoms with Crippen LogP contribution in [-0.2, 0) is 32.0 Å². The minimum Gasteiger partial charge on any atom is -0.464 e. The lowest BCUT2D eigenvalue weighted by atomic mass is 9.99. The standard InChI is InChI=1S/C21H20BrF3N2O4/c1-12-6-5-7-16(19(27-30-4)20(28)29-3)17(12)11-31-26-13(2)15-9-8-14(22)10-18(15)21(23,24)25/h5-10H,11H2,1-4H3/b26-13+,27-19+. The summed E-state index contributed by atoms with van der Waals surface area (Å²) in [5.74, 6) is -0.710. The SMILES string of the molecule is CO/N=C(/C(=O)OC)c1cccc(C)c1CO/N=C(\C)c1ccc(Br)cc1C(F)(F)F. The number of aryl methyl sites for hydroxylation is 1. The molecule has 0 aliphatic heterocycles. The summed E-state index contributed by atoms with van der Waals surface area (Å²) in [5.41, 5.74) is 0.778. The molecule has 2 aromatic rings. The number of carbonyl (C=O) groups is 1. The molecule has 0 amide bonds. The molecule has 0 N–H and O–H groups in total. The Balaban J connectivity index is 2.36. The van der Waals surface area contributed by atoms with Crippen LogP contribution in [0.3, 0.4) is 0 Å². The van der Waals surface area contributed by atoms with E-state index in [-0.39, 0.29) is 23.6 Å². The van der Waals surface area contributed by atoms with Gasteiger partial charge in [0.25, 0.3) is 0 Å². The first-order chi connectivity index (χ1) is 14.6. The number of halogens is 4. The van der Waals surface area contributed by atoms with Gasteiger partial charge in [0.1, 0.15) is 13.7 Å². The van der Waals surface area contributed by atoms with E-state index in [1.165, 1.54) is 33.3 Å². The van der Waals surface area contributed by atoms with Gasteiger partial charge in [0, 0.05) is 21.2 Å². The summed E-state index contributed by atoms with van der Waals surface area (Å²) in [7, 11) is 2.50. The molecule has 31 heavy (non-hydrogen) atoms. The maximum atomic E-state index is 13.4. The molecular formula is C21H20BrF3N2O4. The molecule has 0 bridgehead atoms. The minimum absolute atomic E-state index is 0.0497. The van der Waals surface area contributed by atoms with E-state index in [1.807, 2.05) is 0 Å². The molecule has 166 valence electrons. The number of oxime groups is 2. The van der Waals surface area contributed by atoms with Crippen molar-refractivity contribution in [1.29, 1.82) is 0 Å². The Morgan fingerprint density at radius 2 is 1.81 bits per heavy atom. The molecular weight excluding hydrogens is 481 g/mol. The number of rotatable bonds is 7. The molecule has 0 saturated carbocycles. The first-order valence-electron chi connectivity index (χ1n) is 8.92. The lowest BCUT2D eigenvalue weighted by Gasteiger charge is -2.14. The number of hydrogen-bond donors (Lipinski definition) is 0. The second-order valence-electron chi connectivity index (χ2n) is 6.35. The van der Waals surface area contributed by atoms with Gasteiger partial charge in [-0.1, -0.05) is 50.5 Å². The van der Waals surface area contributed by atoms with Crippen LogP contribution in [0.5, 0.6) is 0 Å². The monoisotopic (exact) mass is 500 g/mol. The molecule has 0 radical (unpaired) electrons. The second-order valence-corrected chi connectivity index (χ2v) is 7.27. The summed E-state index contributed by atoms with van der Waals surface area (Å²) >= 11 is 3.05. The Kier molecular flexibility index (Phi) is 8.21. The van der Waals surface area contributed by atoms with Crippen molar-refractivity contribution in [3.05, 3.63) is 68.7 Å². The summed E-state index contributed by atoms with van der Waals surface area (Å²) in [5, 5.41) is 7.59. The van der Waals surface area contributed by atoms with Crippen LogP contribution in [0.15, 0.2) is 51.2 Å². The molecule has 0 spiro atoms. The number of benzene rings is 2. The van der Waals surface area contributed by atoms with Crippen molar-refractivity contribution < 1.29 is 32.4 Å². The highest BCUT2D eigenvalue weighted by atomic mass is 79.9. The maximum Gasteiger partial charge on any atom is 0.417 e. The molecule has 0 heterocycles. The van der Waals surface area contributed by atoms with E-state index in [2.05, 4.69) is 26.2 Å². The number of nitrogens with zero attached hydrogens (tertiary/aromatic N) is 2. The van der Waals surface area contributed by atoms with Gasteiger partial charge in [-0.3, -0.25) is 0 Å². The van der Waals surface area contributed by atoms with E-state index in [0.29, 0.717) is 15.6 Å². The highest BCUT2D eigenvalue weighted by Gasteiger charge is 2.34. The Labute approximate surface area is 185 Å². The van der Waals surface area contributed by atoms with Crippen LogP contribution in [0.4, 0.5) is 13.2 Å². The van der Waals surface area contributed by atoms with Crippen LogP contribution in [-0.4, -0.2) is 31.6 Å². The number of ether oxygens (including phenoxy) is 1. The molecule has 0 aliphatic carbocycles. The van der Waals surface area contributed by atoms with E-state index in [0.717, 1.165) is 11.6 Å². The summed E-state index contributed by atoms with van der Waals surface area (Å²) in [6.07, 6.45) is -4.55. The van der Waals surface area contributed by atoms with Gasteiger partial charge >= 0.3 is 12.1 Å². The fourth-order valence-corrected chi connectivity index (χ4v) is 3.17. The van der Waals surface area contributed by atoms with Crippen LogP contribution >= 0.6 is 15.9 Å². The van der Waals surface area contributed by atoms with Crippen LogP contribution < -0.4 is 0 Å². The largest absolute Gasteiger partial charge is 0.464 e. The molecule has 0 atom stereocenters. The van der Waals surface area contributed by atoms with Crippen molar-refractivity contribution in [3.8, 4) is 0 Å². The first-order valence-corrected chi connectivity index (χ1v) is 9.71. The van der Waals surface area contributed by atoms with E-state index in [1.54, 1.807) is 25.1 Å². The molecule has 0 unspecified atom stereocenters. The quantitative estimate of drug-likeness (QED) is 0.296. The van der Waals surface area contributed by atoms with Gasteiger partial charge in [-0.2, -0.15) is 13.2 Å². The molecule has 0 aliphatic rings. The molecule has 0 fully saturated rings. The summed E-state index contributed by atoms with van der Waals surface area (Å²) in [4.78, 5) is 22.2. The number of alkyl halides is 3. The lowest BCUT2D eigenvalue weighted by molar-refractivity contribution is -0.137. The van der Waals surface area contributed by atoms with Gasteiger partial charge in [-0.25, -0.2) is 4.79 Å². The number of carbonyl (C=O) groups excluding carboxylic acids is 1. The van der Waals surface area contributed by atoms with E-state index >= 15 is 0 Å².